The van der Waals surface area contributed by atoms with Crippen molar-refractivity contribution in [2.45, 2.75) is 39.2 Å². The number of esters is 1. The van der Waals surface area contributed by atoms with Gasteiger partial charge in [-0.3, -0.25) is 0 Å². The lowest BCUT2D eigenvalue weighted by Crippen LogP contribution is -2.20. The van der Waals surface area contributed by atoms with E-state index in [0.717, 1.165) is 30.2 Å². The molecule has 5 heteroatoms. The van der Waals surface area contributed by atoms with Crippen LogP contribution in [0.3, 0.4) is 0 Å². The molecule has 146 valence electrons. The third kappa shape index (κ3) is 4.09. The number of hydrogen-bond donors (Lipinski definition) is 0. The lowest BCUT2D eigenvalue weighted by molar-refractivity contribution is -0.149. The van der Waals surface area contributed by atoms with Crippen molar-refractivity contribution in [1.82, 2.24) is 0 Å². The molecule has 1 aromatic heterocycles. The quantitative estimate of drug-likeness (QED) is 0.438. The highest BCUT2D eigenvalue weighted by Gasteiger charge is 2.25. The molecular formula is C23H24O5. The van der Waals surface area contributed by atoms with Gasteiger partial charge in [0.15, 0.2) is 0 Å². The van der Waals surface area contributed by atoms with Gasteiger partial charge in [0.1, 0.15) is 11.3 Å². The van der Waals surface area contributed by atoms with Gasteiger partial charge in [-0.05, 0) is 37.5 Å². The van der Waals surface area contributed by atoms with Crippen LogP contribution in [0.1, 0.15) is 42.6 Å². The molecule has 3 rings (SSSR count). The molecule has 1 heterocycles. The number of unbranched alkanes of at least 4 members (excludes halogenated alkanes) is 1. The lowest BCUT2D eigenvalue weighted by Gasteiger charge is -2.19. The fraction of sp³-hybridized carbons (Fsp3) is 0.304. The fourth-order valence-corrected chi connectivity index (χ4v) is 3.22. The molecule has 0 spiro atoms. The minimum absolute atomic E-state index is 0.383. The van der Waals surface area contributed by atoms with Gasteiger partial charge in [0, 0.05) is 22.6 Å². The van der Waals surface area contributed by atoms with Gasteiger partial charge in [0.25, 0.3) is 0 Å². The zero-order valence-corrected chi connectivity index (χ0v) is 16.4. The van der Waals surface area contributed by atoms with Gasteiger partial charge in [-0.25, -0.2) is 9.59 Å². The van der Waals surface area contributed by atoms with E-state index < -0.39 is 12.1 Å². The molecule has 0 saturated heterocycles. The minimum Gasteiger partial charge on any atom is -0.474 e. The SMILES string of the molecule is CCCCc1cc(=O)oc2c(C)c(O[C@@H](C(=O)OC)c3ccccc3)ccc12. The Labute approximate surface area is 163 Å². The van der Waals surface area contributed by atoms with Crippen molar-refractivity contribution in [2.24, 2.45) is 0 Å². The van der Waals surface area contributed by atoms with Crippen LogP contribution >= 0.6 is 0 Å². The van der Waals surface area contributed by atoms with E-state index in [1.54, 1.807) is 18.2 Å². The highest BCUT2D eigenvalue weighted by atomic mass is 16.6. The Morgan fingerprint density at radius 2 is 1.89 bits per heavy atom. The number of ether oxygens (including phenoxy) is 2. The summed E-state index contributed by atoms with van der Waals surface area (Å²) in [6, 6.07) is 14.4. The predicted molar refractivity (Wildman–Crippen MR) is 108 cm³/mol. The first-order valence-electron chi connectivity index (χ1n) is 9.41. The number of carbonyl (C=O) groups is 1. The molecule has 0 unspecified atom stereocenters. The normalized spacial score (nSPS) is 12.0. The number of benzene rings is 2. The molecule has 0 N–H and O–H groups in total. The third-order valence-corrected chi connectivity index (χ3v) is 4.76. The molecule has 2 aromatic carbocycles. The molecule has 1 atom stereocenters. The van der Waals surface area contributed by atoms with Gasteiger partial charge in [-0.1, -0.05) is 43.7 Å². The third-order valence-electron chi connectivity index (χ3n) is 4.76. The first-order chi connectivity index (χ1) is 13.5. The second-order valence-corrected chi connectivity index (χ2v) is 6.69. The molecule has 0 bridgehead atoms. The van der Waals surface area contributed by atoms with Crippen molar-refractivity contribution in [1.29, 1.82) is 0 Å². The maximum atomic E-state index is 12.3. The summed E-state index contributed by atoms with van der Waals surface area (Å²) >= 11 is 0. The Balaban J connectivity index is 2.04. The minimum atomic E-state index is -0.905. The molecule has 0 amide bonds. The van der Waals surface area contributed by atoms with Gasteiger partial charge in [-0.15, -0.1) is 0 Å². The average molecular weight is 380 g/mol. The van der Waals surface area contributed by atoms with Gasteiger partial charge in [0.05, 0.1) is 7.11 Å². The first-order valence-corrected chi connectivity index (χ1v) is 9.41. The van der Waals surface area contributed by atoms with Gasteiger partial charge < -0.3 is 13.9 Å². The Morgan fingerprint density at radius 3 is 2.57 bits per heavy atom. The molecule has 0 fully saturated rings. The number of aryl methyl sites for hydroxylation is 2. The van der Waals surface area contributed by atoms with E-state index in [9.17, 15) is 9.59 Å². The van der Waals surface area contributed by atoms with Crippen LogP contribution in [-0.4, -0.2) is 13.1 Å². The average Bonchev–Trinajstić information content (AvgIpc) is 2.72. The molecule has 28 heavy (non-hydrogen) atoms. The molecule has 3 aromatic rings. The molecule has 0 aliphatic carbocycles. The topological polar surface area (TPSA) is 65.7 Å². The molecule has 5 nitrogen and oxygen atoms in total. The van der Waals surface area contributed by atoms with Crippen molar-refractivity contribution < 1.29 is 18.7 Å². The van der Waals surface area contributed by atoms with Crippen LogP contribution in [0.25, 0.3) is 11.0 Å². The number of methoxy groups -OCH3 is 1. The number of carbonyl (C=O) groups excluding carboxylic acids is 1. The van der Waals surface area contributed by atoms with E-state index in [0.29, 0.717) is 22.5 Å². The van der Waals surface area contributed by atoms with Crippen molar-refractivity contribution in [3.8, 4) is 5.75 Å². The van der Waals surface area contributed by atoms with Crippen molar-refractivity contribution in [3.05, 3.63) is 75.6 Å². The number of fused-ring (bicyclic) bond motifs is 1. The molecule has 0 aliphatic rings. The van der Waals surface area contributed by atoms with E-state index in [-0.39, 0.29) is 5.63 Å². The van der Waals surface area contributed by atoms with Crippen LogP contribution in [0.4, 0.5) is 0 Å². The largest absolute Gasteiger partial charge is 0.474 e. The molecule has 0 radical (unpaired) electrons. The van der Waals surface area contributed by atoms with Gasteiger partial charge in [0.2, 0.25) is 6.10 Å². The first kappa shape index (κ1) is 19.7. The fourth-order valence-electron chi connectivity index (χ4n) is 3.22. The van der Waals surface area contributed by atoms with Gasteiger partial charge >= 0.3 is 11.6 Å². The Morgan fingerprint density at radius 1 is 1.14 bits per heavy atom. The van der Waals surface area contributed by atoms with Crippen LogP contribution < -0.4 is 10.4 Å². The summed E-state index contributed by atoms with van der Waals surface area (Å²) < 4.78 is 16.4. The summed E-state index contributed by atoms with van der Waals surface area (Å²) in [5, 5.41) is 0.896. The summed E-state index contributed by atoms with van der Waals surface area (Å²) in [5.74, 6) is -0.0219. The second kappa shape index (κ2) is 8.74. The molecule has 0 saturated carbocycles. The van der Waals surface area contributed by atoms with Crippen molar-refractivity contribution in [3.63, 3.8) is 0 Å². The lowest BCUT2D eigenvalue weighted by atomic mass is 10.0. The van der Waals surface area contributed by atoms with Gasteiger partial charge in [-0.2, -0.15) is 0 Å². The van der Waals surface area contributed by atoms with E-state index in [1.165, 1.54) is 7.11 Å². The summed E-state index contributed by atoms with van der Waals surface area (Å²) in [6.45, 7) is 3.94. The maximum Gasteiger partial charge on any atom is 0.351 e. The summed E-state index contributed by atoms with van der Waals surface area (Å²) in [5.41, 5.74) is 2.44. The van der Waals surface area contributed by atoms with Crippen LogP contribution in [0, 0.1) is 6.92 Å². The van der Waals surface area contributed by atoms with E-state index in [4.69, 9.17) is 13.9 Å². The maximum absolute atomic E-state index is 12.3. The predicted octanol–water partition coefficient (Wildman–Crippen LogP) is 4.74. The summed E-state index contributed by atoms with van der Waals surface area (Å²) in [7, 11) is 1.33. The summed E-state index contributed by atoms with van der Waals surface area (Å²) in [6.07, 6.45) is 1.94. The monoisotopic (exact) mass is 380 g/mol. The summed E-state index contributed by atoms with van der Waals surface area (Å²) in [4.78, 5) is 24.3. The van der Waals surface area contributed by atoms with E-state index >= 15 is 0 Å². The van der Waals surface area contributed by atoms with Crippen LogP contribution in [0.2, 0.25) is 0 Å². The van der Waals surface area contributed by atoms with Crippen molar-refractivity contribution in [2.75, 3.05) is 7.11 Å². The van der Waals surface area contributed by atoms with E-state index in [2.05, 4.69) is 6.92 Å². The van der Waals surface area contributed by atoms with Crippen molar-refractivity contribution >= 4 is 16.9 Å². The van der Waals surface area contributed by atoms with E-state index in [1.807, 2.05) is 37.3 Å². The smallest absolute Gasteiger partial charge is 0.351 e. The van der Waals surface area contributed by atoms with Crippen LogP contribution in [0.15, 0.2) is 57.7 Å². The highest BCUT2D eigenvalue weighted by molar-refractivity contribution is 5.85. The number of rotatable bonds is 7. The molecule has 0 aliphatic heterocycles. The molecular weight excluding hydrogens is 356 g/mol. The zero-order chi connectivity index (χ0) is 20.1. The van der Waals surface area contributed by atoms with Crippen LogP contribution in [-0.2, 0) is 16.0 Å². The Hall–Kier alpha value is -3.08. The Bertz CT molecular complexity index is 1020. The Kier molecular flexibility index (Phi) is 6.14. The highest BCUT2D eigenvalue weighted by Crippen LogP contribution is 2.32. The van der Waals surface area contributed by atoms with Crippen LogP contribution in [0.5, 0.6) is 5.75 Å². The standard InChI is InChI=1S/C23H24O5/c1-4-5-9-17-14-20(24)28-21-15(2)19(13-12-18(17)21)27-22(23(25)26-3)16-10-7-6-8-11-16/h6-8,10-14,22H,4-5,9H2,1-3H3/t22-/m1/s1. The zero-order valence-electron chi connectivity index (χ0n) is 16.4. The number of hydrogen-bond acceptors (Lipinski definition) is 5. The second-order valence-electron chi connectivity index (χ2n) is 6.69.